The second kappa shape index (κ2) is 8.30. The smallest absolute Gasteiger partial charge is 0.00646 e. The highest BCUT2D eigenvalue weighted by Gasteiger charge is 2.11. The monoisotopic (exact) mass is 233 g/mol. The molecule has 1 aromatic rings. The lowest BCUT2D eigenvalue weighted by atomic mass is 9.92. The SMILES string of the molecule is CCCCC(C)C(N)CCCc1ccccc1. The number of unbranched alkanes of at least 4 members (excludes halogenated alkanes) is 1. The van der Waals surface area contributed by atoms with Crippen LogP contribution < -0.4 is 5.73 Å². The molecule has 0 aromatic heterocycles. The van der Waals surface area contributed by atoms with Crippen molar-refractivity contribution in [1.29, 1.82) is 0 Å². The zero-order valence-corrected chi connectivity index (χ0v) is 11.4. The van der Waals surface area contributed by atoms with Crippen LogP contribution in [0.2, 0.25) is 0 Å². The van der Waals surface area contributed by atoms with E-state index in [1.54, 1.807) is 0 Å². The zero-order chi connectivity index (χ0) is 12.5. The molecule has 0 saturated heterocycles. The van der Waals surface area contributed by atoms with E-state index in [2.05, 4.69) is 44.2 Å². The summed E-state index contributed by atoms with van der Waals surface area (Å²) in [6.45, 7) is 4.54. The Morgan fingerprint density at radius 3 is 2.41 bits per heavy atom. The normalized spacial score (nSPS) is 14.5. The number of aryl methyl sites for hydroxylation is 1. The summed E-state index contributed by atoms with van der Waals surface area (Å²) in [6, 6.07) is 11.1. The van der Waals surface area contributed by atoms with E-state index >= 15 is 0 Å². The summed E-state index contributed by atoms with van der Waals surface area (Å²) in [5.41, 5.74) is 7.65. The van der Waals surface area contributed by atoms with Crippen LogP contribution in [-0.4, -0.2) is 6.04 Å². The molecule has 0 aliphatic rings. The van der Waals surface area contributed by atoms with Gasteiger partial charge in [0.25, 0.3) is 0 Å². The van der Waals surface area contributed by atoms with Crippen LogP contribution >= 0.6 is 0 Å². The Morgan fingerprint density at radius 1 is 1.06 bits per heavy atom. The van der Waals surface area contributed by atoms with E-state index in [0.717, 1.165) is 12.8 Å². The third-order valence-corrected chi connectivity index (χ3v) is 3.59. The molecule has 2 N–H and O–H groups in total. The van der Waals surface area contributed by atoms with Gasteiger partial charge in [-0.2, -0.15) is 0 Å². The topological polar surface area (TPSA) is 26.0 Å². The molecule has 0 heterocycles. The lowest BCUT2D eigenvalue weighted by Crippen LogP contribution is -2.28. The van der Waals surface area contributed by atoms with E-state index in [1.165, 1.54) is 31.2 Å². The van der Waals surface area contributed by atoms with Crippen molar-refractivity contribution in [2.45, 2.75) is 58.4 Å². The highest BCUT2D eigenvalue weighted by Crippen LogP contribution is 2.15. The number of rotatable bonds is 8. The van der Waals surface area contributed by atoms with Crippen LogP contribution in [0.15, 0.2) is 30.3 Å². The number of hydrogen-bond donors (Lipinski definition) is 1. The lowest BCUT2D eigenvalue weighted by molar-refractivity contribution is 0.388. The van der Waals surface area contributed by atoms with Crippen LogP contribution in [0.25, 0.3) is 0 Å². The summed E-state index contributed by atoms with van der Waals surface area (Å²) >= 11 is 0. The van der Waals surface area contributed by atoms with Gasteiger partial charge in [-0.25, -0.2) is 0 Å². The van der Waals surface area contributed by atoms with Crippen molar-refractivity contribution in [3.05, 3.63) is 35.9 Å². The molecule has 2 unspecified atom stereocenters. The Labute approximate surface area is 106 Å². The molecule has 0 aliphatic heterocycles. The Kier molecular flexibility index (Phi) is 6.95. The minimum Gasteiger partial charge on any atom is -0.327 e. The first-order valence-electron chi connectivity index (χ1n) is 7.03. The molecule has 2 atom stereocenters. The minimum atomic E-state index is 0.380. The average Bonchev–Trinajstić information content (AvgIpc) is 2.37. The van der Waals surface area contributed by atoms with Gasteiger partial charge in [0.1, 0.15) is 0 Å². The first-order valence-corrected chi connectivity index (χ1v) is 7.03. The molecule has 0 saturated carbocycles. The van der Waals surface area contributed by atoms with Crippen LogP contribution in [-0.2, 0) is 6.42 Å². The van der Waals surface area contributed by atoms with Crippen LogP contribution in [0.3, 0.4) is 0 Å². The third-order valence-electron chi connectivity index (χ3n) is 3.59. The molecule has 0 bridgehead atoms. The van der Waals surface area contributed by atoms with Crippen molar-refractivity contribution in [3.63, 3.8) is 0 Å². The average molecular weight is 233 g/mol. The van der Waals surface area contributed by atoms with Crippen LogP contribution in [0, 0.1) is 5.92 Å². The van der Waals surface area contributed by atoms with E-state index in [-0.39, 0.29) is 0 Å². The van der Waals surface area contributed by atoms with Crippen molar-refractivity contribution >= 4 is 0 Å². The number of nitrogens with two attached hydrogens (primary N) is 1. The second-order valence-corrected chi connectivity index (χ2v) is 5.16. The molecule has 0 fully saturated rings. The lowest BCUT2D eigenvalue weighted by Gasteiger charge is -2.19. The van der Waals surface area contributed by atoms with E-state index in [4.69, 9.17) is 5.73 Å². The Hall–Kier alpha value is -0.820. The molecular weight excluding hydrogens is 206 g/mol. The molecule has 17 heavy (non-hydrogen) atoms. The molecule has 1 heteroatoms. The van der Waals surface area contributed by atoms with Crippen molar-refractivity contribution in [2.75, 3.05) is 0 Å². The minimum absolute atomic E-state index is 0.380. The first-order chi connectivity index (χ1) is 8.24. The van der Waals surface area contributed by atoms with Crippen molar-refractivity contribution in [3.8, 4) is 0 Å². The maximum absolute atomic E-state index is 6.22. The predicted octanol–water partition coefficient (Wildman–Crippen LogP) is 4.16. The van der Waals surface area contributed by atoms with Gasteiger partial charge < -0.3 is 5.73 Å². The van der Waals surface area contributed by atoms with Crippen LogP contribution in [0.1, 0.15) is 51.5 Å². The van der Waals surface area contributed by atoms with Crippen LogP contribution in [0.4, 0.5) is 0 Å². The molecule has 1 rings (SSSR count). The Bertz CT molecular complexity index is 281. The molecular formula is C16H27N. The summed E-state index contributed by atoms with van der Waals surface area (Å²) in [5.74, 6) is 0.672. The molecule has 96 valence electrons. The fourth-order valence-corrected chi connectivity index (χ4v) is 2.21. The molecule has 0 aliphatic carbocycles. The summed E-state index contributed by atoms with van der Waals surface area (Å²) in [6.07, 6.45) is 7.40. The standard InChI is InChI=1S/C16H27N/c1-3-4-9-14(2)16(17)13-8-12-15-10-6-5-7-11-15/h5-7,10-11,14,16H,3-4,8-9,12-13,17H2,1-2H3. The largest absolute Gasteiger partial charge is 0.327 e. The van der Waals surface area contributed by atoms with Gasteiger partial charge in [-0.15, -0.1) is 0 Å². The van der Waals surface area contributed by atoms with Crippen molar-refractivity contribution in [2.24, 2.45) is 11.7 Å². The quantitative estimate of drug-likeness (QED) is 0.716. The van der Waals surface area contributed by atoms with E-state index < -0.39 is 0 Å². The van der Waals surface area contributed by atoms with Gasteiger partial charge in [-0.3, -0.25) is 0 Å². The van der Waals surface area contributed by atoms with Gasteiger partial charge >= 0.3 is 0 Å². The molecule has 0 spiro atoms. The number of hydrogen-bond acceptors (Lipinski definition) is 1. The molecule has 1 aromatic carbocycles. The Morgan fingerprint density at radius 2 is 1.76 bits per heavy atom. The van der Waals surface area contributed by atoms with Gasteiger partial charge in [-0.1, -0.05) is 57.0 Å². The maximum atomic E-state index is 6.22. The second-order valence-electron chi connectivity index (χ2n) is 5.16. The maximum Gasteiger partial charge on any atom is 0.00646 e. The fraction of sp³-hybridized carbons (Fsp3) is 0.625. The van der Waals surface area contributed by atoms with Crippen molar-refractivity contribution < 1.29 is 0 Å². The summed E-state index contributed by atoms with van der Waals surface area (Å²) < 4.78 is 0. The molecule has 0 radical (unpaired) electrons. The van der Waals surface area contributed by atoms with Gasteiger partial charge in [0.2, 0.25) is 0 Å². The zero-order valence-electron chi connectivity index (χ0n) is 11.4. The van der Waals surface area contributed by atoms with Gasteiger partial charge in [0.15, 0.2) is 0 Å². The van der Waals surface area contributed by atoms with E-state index in [1.807, 2.05) is 0 Å². The highest BCUT2D eigenvalue weighted by molar-refractivity contribution is 5.14. The Balaban J connectivity index is 2.17. The van der Waals surface area contributed by atoms with E-state index in [9.17, 15) is 0 Å². The summed E-state index contributed by atoms with van der Waals surface area (Å²) in [4.78, 5) is 0. The summed E-state index contributed by atoms with van der Waals surface area (Å²) in [5, 5.41) is 0. The number of benzene rings is 1. The first kappa shape index (κ1) is 14.2. The van der Waals surface area contributed by atoms with Gasteiger partial charge in [0.05, 0.1) is 0 Å². The van der Waals surface area contributed by atoms with Gasteiger partial charge in [0, 0.05) is 6.04 Å². The molecule has 0 amide bonds. The van der Waals surface area contributed by atoms with Crippen LogP contribution in [0.5, 0.6) is 0 Å². The summed E-state index contributed by atoms with van der Waals surface area (Å²) in [7, 11) is 0. The predicted molar refractivity (Wildman–Crippen MR) is 76.0 cm³/mol. The van der Waals surface area contributed by atoms with Crippen molar-refractivity contribution in [1.82, 2.24) is 0 Å². The fourth-order valence-electron chi connectivity index (χ4n) is 2.21. The molecule has 1 nitrogen and oxygen atoms in total. The highest BCUT2D eigenvalue weighted by atomic mass is 14.6. The van der Waals surface area contributed by atoms with E-state index in [0.29, 0.717) is 12.0 Å². The third kappa shape index (κ3) is 5.88. The van der Waals surface area contributed by atoms with Gasteiger partial charge in [-0.05, 0) is 37.2 Å².